The number of carbonyl (C=O) groups is 1. The molecule has 0 saturated heterocycles. The third-order valence-electron chi connectivity index (χ3n) is 3.49. The number of methoxy groups -OCH3 is 1. The zero-order valence-corrected chi connectivity index (χ0v) is 12.4. The molecule has 0 saturated carbocycles. The van der Waals surface area contributed by atoms with Gasteiger partial charge in [0.05, 0.1) is 17.6 Å². The van der Waals surface area contributed by atoms with E-state index in [0.717, 1.165) is 0 Å². The van der Waals surface area contributed by atoms with Crippen molar-refractivity contribution in [1.82, 2.24) is 0 Å². The lowest BCUT2D eigenvalue weighted by atomic mass is 9.94. The average molecular weight is 296 g/mol. The summed E-state index contributed by atoms with van der Waals surface area (Å²) < 4.78 is 4.62. The van der Waals surface area contributed by atoms with Crippen LogP contribution in [0.1, 0.15) is 37.0 Å². The molecule has 0 aliphatic rings. The van der Waals surface area contributed by atoms with Crippen molar-refractivity contribution in [2.24, 2.45) is 0 Å². The van der Waals surface area contributed by atoms with Crippen LogP contribution in [-0.2, 0) is 4.74 Å². The number of benzene rings is 1. The Balaban J connectivity index is 3.23. The Hall–Kier alpha value is -2.15. The second kappa shape index (κ2) is 7.03. The topological polar surface area (TPSA) is 102 Å². The number of nitro groups is 1. The quantitative estimate of drug-likeness (QED) is 0.455. The molecule has 116 valence electrons. The highest BCUT2D eigenvalue weighted by molar-refractivity contribution is 5.91. The molecular formula is C14H20N2O5. The fourth-order valence-corrected chi connectivity index (χ4v) is 1.94. The first-order valence-corrected chi connectivity index (χ1v) is 6.62. The van der Waals surface area contributed by atoms with Crippen LogP contribution >= 0.6 is 0 Å². The monoisotopic (exact) mass is 296 g/mol. The molecular weight excluding hydrogens is 276 g/mol. The average Bonchev–Trinajstić information content (AvgIpc) is 2.46. The van der Waals surface area contributed by atoms with Crippen LogP contribution in [0.2, 0.25) is 0 Å². The van der Waals surface area contributed by atoms with Gasteiger partial charge >= 0.3 is 5.97 Å². The van der Waals surface area contributed by atoms with Gasteiger partial charge in [-0.3, -0.25) is 10.1 Å². The number of aliphatic hydroxyl groups is 1. The van der Waals surface area contributed by atoms with Crippen LogP contribution in [0.4, 0.5) is 11.4 Å². The van der Waals surface area contributed by atoms with E-state index in [1.165, 1.54) is 25.3 Å². The van der Waals surface area contributed by atoms with Crippen LogP contribution in [0.5, 0.6) is 0 Å². The lowest BCUT2D eigenvalue weighted by molar-refractivity contribution is -0.384. The largest absolute Gasteiger partial charge is 0.465 e. The van der Waals surface area contributed by atoms with Gasteiger partial charge in [-0.2, -0.15) is 0 Å². The van der Waals surface area contributed by atoms with Gasteiger partial charge < -0.3 is 15.2 Å². The molecule has 0 radical (unpaired) electrons. The van der Waals surface area contributed by atoms with E-state index in [0.29, 0.717) is 12.8 Å². The lowest BCUT2D eigenvalue weighted by Crippen LogP contribution is -2.35. The number of hydrogen-bond acceptors (Lipinski definition) is 6. The Kier molecular flexibility index (Phi) is 5.66. The molecule has 0 spiro atoms. The van der Waals surface area contributed by atoms with Crippen LogP contribution in [0.15, 0.2) is 18.2 Å². The van der Waals surface area contributed by atoms with E-state index in [9.17, 15) is 14.9 Å². The zero-order valence-electron chi connectivity index (χ0n) is 12.4. The number of aliphatic hydroxyl groups excluding tert-OH is 1. The minimum atomic E-state index is -0.562. The van der Waals surface area contributed by atoms with Crippen molar-refractivity contribution in [2.45, 2.75) is 32.2 Å². The molecule has 0 fully saturated rings. The summed E-state index contributed by atoms with van der Waals surface area (Å²) in [6.07, 6.45) is 1.09. The Morgan fingerprint density at radius 3 is 2.67 bits per heavy atom. The number of nitrogens with zero attached hydrogens (tertiary/aromatic N) is 1. The van der Waals surface area contributed by atoms with E-state index in [4.69, 9.17) is 5.11 Å². The molecule has 0 heterocycles. The highest BCUT2D eigenvalue weighted by Gasteiger charge is 2.26. The standard InChI is InChI=1S/C14H20N2O5/c1-4-14(2,7-8-17)15-11-9-10(13(18)21-3)5-6-12(11)16(19)20/h5-6,9,15,17H,4,7-8H2,1-3H3. The molecule has 1 atom stereocenters. The molecule has 0 aliphatic carbocycles. The number of carbonyl (C=O) groups excluding carboxylic acids is 1. The van der Waals surface area contributed by atoms with Crippen molar-refractivity contribution in [1.29, 1.82) is 0 Å². The van der Waals surface area contributed by atoms with Gasteiger partial charge in [-0.1, -0.05) is 6.92 Å². The number of nitrogens with one attached hydrogen (secondary N) is 1. The van der Waals surface area contributed by atoms with Crippen molar-refractivity contribution in [3.05, 3.63) is 33.9 Å². The van der Waals surface area contributed by atoms with Crippen molar-refractivity contribution in [2.75, 3.05) is 19.0 Å². The molecule has 2 N–H and O–H groups in total. The van der Waals surface area contributed by atoms with E-state index < -0.39 is 16.4 Å². The fourth-order valence-electron chi connectivity index (χ4n) is 1.94. The summed E-state index contributed by atoms with van der Waals surface area (Å²) >= 11 is 0. The van der Waals surface area contributed by atoms with E-state index in [1.54, 1.807) is 0 Å². The summed E-state index contributed by atoms with van der Waals surface area (Å²) in [5.41, 5.74) is -0.164. The highest BCUT2D eigenvalue weighted by Crippen LogP contribution is 2.30. The van der Waals surface area contributed by atoms with Gasteiger partial charge in [-0.15, -0.1) is 0 Å². The maximum absolute atomic E-state index is 11.5. The number of hydrogen-bond donors (Lipinski definition) is 2. The molecule has 1 aromatic rings. The van der Waals surface area contributed by atoms with E-state index >= 15 is 0 Å². The molecule has 7 nitrogen and oxygen atoms in total. The van der Waals surface area contributed by atoms with E-state index in [2.05, 4.69) is 10.1 Å². The van der Waals surface area contributed by atoms with Crippen LogP contribution in [0, 0.1) is 10.1 Å². The van der Waals surface area contributed by atoms with Gasteiger partial charge in [0.25, 0.3) is 5.69 Å². The molecule has 0 aliphatic heterocycles. The number of rotatable bonds is 7. The van der Waals surface area contributed by atoms with E-state index in [1.807, 2.05) is 13.8 Å². The minimum absolute atomic E-state index is 0.0399. The summed E-state index contributed by atoms with van der Waals surface area (Å²) in [7, 11) is 1.25. The van der Waals surface area contributed by atoms with Gasteiger partial charge in [-0.05, 0) is 31.9 Å². The summed E-state index contributed by atoms with van der Waals surface area (Å²) in [6.45, 7) is 3.73. The third-order valence-corrected chi connectivity index (χ3v) is 3.49. The Morgan fingerprint density at radius 1 is 1.52 bits per heavy atom. The summed E-state index contributed by atoms with van der Waals surface area (Å²) in [5, 5.41) is 23.3. The first-order valence-electron chi connectivity index (χ1n) is 6.62. The van der Waals surface area contributed by atoms with Gasteiger partial charge in [0.15, 0.2) is 0 Å². The normalized spacial score (nSPS) is 13.3. The molecule has 7 heteroatoms. The molecule has 0 amide bonds. The Labute approximate surface area is 123 Å². The molecule has 21 heavy (non-hydrogen) atoms. The first kappa shape index (κ1) is 16.9. The zero-order chi connectivity index (χ0) is 16.0. The second-order valence-electron chi connectivity index (χ2n) is 4.99. The van der Waals surface area contributed by atoms with Gasteiger partial charge in [-0.25, -0.2) is 4.79 Å². The van der Waals surface area contributed by atoms with Crippen molar-refractivity contribution < 1.29 is 19.6 Å². The smallest absolute Gasteiger partial charge is 0.337 e. The molecule has 1 aromatic carbocycles. The van der Waals surface area contributed by atoms with Crippen LogP contribution in [0.3, 0.4) is 0 Å². The third kappa shape index (κ3) is 4.16. The summed E-state index contributed by atoms with van der Waals surface area (Å²) in [5.74, 6) is -0.562. The van der Waals surface area contributed by atoms with Crippen molar-refractivity contribution in [3.63, 3.8) is 0 Å². The SMILES string of the molecule is CCC(C)(CCO)Nc1cc(C(=O)OC)ccc1[N+](=O)[O-]. The number of ether oxygens (including phenoxy) is 1. The molecule has 1 rings (SSSR count). The van der Waals surface area contributed by atoms with Gasteiger partial charge in [0.2, 0.25) is 0 Å². The Bertz CT molecular complexity index is 532. The first-order chi connectivity index (χ1) is 9.86. The molecule has 0 bridgehead atoms. The lowest BCUT2D eigenvalue weighted by Gasteiger charge is -2.30. The predicted octanol–water partition coefficient (Wildman–Crippen LogP) is 2.34. The summed E-state index contributed by atoms with van der Waals surface area (Å²) in [4.78, 5) is 22.1. The molecule has 0 aromatic heterocycles. The van der Waals surface area contributed by atoms with E-state index in [-0.39, 0.29) is 23.5 Å². The van der Waals surface area contributed by atoms with Gasteiger partial charge in [0.1, 0.15) is 5.69 Å². The number of nitro benzene ring substituents is 1. The van der Waals surface area contributed by atoms with Crippen molar-refractivity contribution >= 4 is 17.3 Å². The van der Waals surface area contributed by atoms with Crippen LogP contribution < -0.4 is 5.32 Å². The second-order valence-corrected chi connectivity index (χ2v) is 4.99. The molecule has 1 unspecified atom stereocenters. The van der Waals surface area contributed by atoms with Gasteiger partial charge in [0, 0.05) is 18.2 Å². The van der Waals surface area contributed by atoms with Crippen LogP contribution in [0.25, 0.3) is 0 Å². The fraction of sp³-hybridized carbons (Fsp3) is 0.500. The number of anilines is 1. The van der Waals surface area contributed by atoms with Crippen LogP contribution in [-0.4, -0.2) is 35.3 Å². The van der Waals surface area contributed by atoms with Crippen molar-refractivity contribution in [3.8, 4) is 0 Å². The maximum Gasteiger partial charge on any atom is 0.337 e. The Morgan fingerprint density at radius 2 is 2.19 bits per heavy atom. The highest BCUT2D eigenvalue weighted by atomic mass is 16.6. The minimum Gasteiger partial charge on any atom is -0.465 e. The summed E-state index contributed by atoms with van der Waals surface area (Å²) in [6, 6.07) is 4.02. The number of esters is 1. The maximum atomic E-state index is 11.5. The predicted molar refractivity (Wildman–Crippen MR) is 78.5 cm³/mol.